The first-order valence-electron chi connectivity index (χ1n) is 16.9. The number of phenols is 1. The molecule has 1 aliphatic carbocycles. The number of hydrogen-bond donors (Lipinski definition) is 5. The molecule has 1 saturated carbocycles. The van der Waals surface area contributed by atoms with Crippen molar-refractivity contribution in [3.05, 3.63) is 59.2 Å². The van der Waals surface area contributed by atoms with Crippen LogP contribution in [0.3, 0.4) is 0 Å². The normalized spacial score (nSPS) is 20.7. The Balaban J connectivity index is 1.31. The molecule has 0 amide bonds. The van der Waals surface area contributed by atoms with E-state index >= 15 is 0 Å². The van der Waals surface area contributed by atoms with E-state index in [9.17, 15) is 20.4 Å². The predicted molar refractivity (Wildman–Crippen MR) is 176 cm³/mol. The maximum Gasteiger partial charge on any atom is 0.178 e. The number of aromatic hydroxyl groups is 1. The highest BCUT2D eigenvalue weighted by molar-refractivity contribution is 5.83. The lowest BCUT2D eigenvalue weighted by molar-refractivity contribution is -0.0550. The molecule has 0 aromatic heterocycles. The number of aliphatic hydroxyl groups is 5. The van der Waals surface area contributed by atoms with Crippen molar-refractivity contribution < 1.29 is 29.9 Å². The fourth-order valence-electron chi connectivity index (χ4n) is 6.87. The highest BCUT2D eigenvalue weighted by atomic mass is 16.5. The van der Waals surface area contributed by atoms with Crippen LogP contribution in [0.5, 0.6) is 11.5 Å². The van der Waals surface area contributed by atoms with Crippen LogP contribution in [-0.2, 0) is 6.42 Å². The monoisotopic (exact) mass is 611 g/mol. The second-order valence-electron chi connectivity index (χ2n) is 12.8. The van der Waals surface area contributed by atoms with Crippen molar-refractivity contribution in [1.29, 1.82) is 0 Å². The summed E-state index contributed by atoms with van der Waals surface area (Å²) in [6, 6.07) is 5.71. The van der Waals surface area contributed by atoms with E-state index in [-0.39, 0.29) is 31.1 Å². The fraction of sp³-hybridized carbons (Fsp3) is 0.639. The molecule has 244 valence electrons. The Hall–Kier alpha value is -2.49. The molecule has 44 heavy (non-hydrogen) atoms. The molecule has 0 saturated heterocycles. The summed E-state index contributed by atoms with van der Waals surface area (Å²) in [5, 5.41) is 43.3. The Bertz CT molecular complexity index is 1100. The van der Waals surface area contributed by atoms with Gasteiger partial charge in [-0.3, -0.25) is 0 Å². The highest BCUT2D eigenvalue weighted by Gasteiger charge is 2.42. The Labute approximate surface area is 264 Å². The molecule has 8 heteroatoms. The third kappa shape index (κ3) is 10.0. The summed E-state index contributed by atoms with van der Waals surface area (Å²) in [5.74, 6) is 2.69. The highest BCUT2D eigenvalue weighted by Crippen LogP contribution is 2.41. The summed E-state index contributed by atoms with van der Waals surface area (Å²) in [6.45, 7) is 5.13. The molecule has 2 heterocycles. The summed E-state index contributed by atoms with van der Waals surface area (Å²) in [7, 11) is 0. The first-order valence-corrected chi connectivity index (χ1v) is 16.9. The Morgan fingerprint density at radius 1 is 1.18 bits per heavy atom. The first-order chi connectivity index (χ1) is 21.4. The Morgan fingerprint density at radius 2 is 2.00 bits per heavy atom. The van der Waals surface area contributed by atoms with Gasteiger partial charge in [0.25, 0.3) is 0 Å². The molecule has 2 aliphatic heterocycles. The number of benzene rings is 1. The third-order valence-electron chi connectivity index (χ3n) is 9.21. The van der Waals surface area contributed by atoms with Crippen molar-refractivity contribution in [3.8, 4) is 11.5 Å². The van der Waals surface area contributed by atoms with Gasteiger partial charge in [0.2, 0.25) is 0 Å². The van der Waals surface area contributed by atoms with Crippen molar-refractivity contribution in [1.82, 2.24) is 5.32 Å². The van der Waals surface area contributed by atoms with Crippen LogP contribution < -0.4 is 10.1 Å². The minimum atomic E-state index is -0.424. The van der Waals surface area contributed by atoms with Crippen LogP contribution in [0.25, 0.3) is 0 Å². The second-order valence-corrected chi connectivity index (χ2v) is 12.8. The van der Waals surface area contributed by atoms with Crippen LogP contribution in [0.15, 0.2) is 46.6 Å². The first kappa shape index (κ1) is 34.4. The van der Waals surface area contributed by atoms with E-state index in [0.717, 1.165) is 67.9 Å². The number of aliphatic hydroxyl groups excluding tert-OH is 3. The lowest BCUT2D eigenvalue weighted by Crippen LogP contribution is -2.44. The molecule has 3 aliphatic rings. The zero-order chi connectivity index (χ0) is 31.3. The zero-order valence-corrected chi connectivity index (χ0v) is 26.8. The maximum atomic E-state index is 10.5. The number of unbranched alkanes of at least 4 members (excludes halogenated alkanes) is 1. The quantitative estimate of drug-likeness (QED) is 0.103. The van der Waals surface area contributed by atoms with Crippen molar-refractivity contribution in [2.75, 3.05) is 26.4 Å². The number of ether oxygens (including phenoxy) is 2. The SMILES string of the molecule is CCCCC1[OH+][C-](CCc2ccc(O)c(OCCC3=C[C+]([C@H](C4CCCC4)[C@H](CCCO)NC[C@H](C)O)C=N3)c2)C=C1CO. The smallest absolute Gasteiger partial charge is 0.178 e. The summed E-state index contributed by atoms with van der Waals surface area (Å²) < 4.78 is 10.9. The van der Waals surface area contributed by atoms with Crippen molar-refractivity contribution in [3.63, 3.8) is 0 Å². The van der Waals surface area contributed by atoms with Gasteiger partial charge in [-0.1, -0.05) is 32.3 Å². The number of allylic oxidation sites excluding steroid dienone is 1. The molecule has 0 radical (unpaired) electrons. The van der Waals surface area contributed by atoms with Gasteiger partial charge in [0.1, 0.15) is 30.9 Å². The number of nitrogens with one attached hydrogen (secondary N) is 1. The molecule has 4 rings (SSSR count). The summed E-state index contributed by atoms with van der Waals surface area (Å²) in [6.07, 6.45) is 18.8. The van der Waals surface area contributed by atoms with Crippen molar-refractivity contribution >= 4 is 6.21 Å². The standard InChI is InChI=1S/C36H54N2O6/c1-3-4-11-34-29(24-40)21-31(44-34)14-12-26-13-15-33(42)35(19-26)43-18-16-30-20-28(23-37-30)36(27-8-5-6-9-27)32(10-7-17-39)38-22-25(2)41/h13,15,19-21,23,25,27,32,34,36,38-41,44H,3-12,14,16-18,22,24H2,1-2H3/p+1/t25-,32-,34?,36-/m0/s1. The molecule has 8 nitrogen and oxygen atoms in total. The summed E-state index contributed by atoms with van der Waals surface area (Å²) in [4.78, 5) is 4.74. The average molecular weight is 612 g/mol. The maximum absolute atomic E-state index is 10.5. The molecule has 1 aromatic rings. The Kier molecular flexibility index (Phi) is 14.0. The van der Waals surface area contributed by atoms with Crippen LogP contribution in [-0.4, -0.2) is 76.0 Å². The molecule has 0 spiro atoms. The topological polar surface area (TPSA) is 127 Å². The van der Waals surface area contributed by atoms with E-state index in [1.165, 1.54) is 31.6 Å². The minimum absolute atomic E-state index is 0.0593. The molecule has 4 atom stereocenters. The lowest BCUT2D eigenvalue weighted by atomic mass is 9.74. The van der Waals surface area contributed by atoms with E-state index in [4.69, 9.17) is 14.5 Å². The Morgan fingerprint density at radius 3 is 2.73 bits per heavy atom. The van der Waals surface area contributed by atoms with Crippen LogP contribution in [0.2, 0.25) is 0 Å². The largest absolute Gasteiger partial charge is 0.504 e. The van der Waals surface area contributed by atoms with Crippen LogP contribution in [0, 0.1) is 23.9 Å². The van der Waals surface area contributed by atoms with Crippen molar-refractivity contribution in [2.24, 2.45) is 16.8 Å². The second kappa shape index (κ2) is 17.9. The zero-order valence-electron chi connectivity index (χ0n) is 26.8. The minimum Gasteiger partial charge on any atom is -0.504 e. The van der Waals surface area contributed by atoms with Gasteiger partial charge < -0.3 is 35.2 Å². The van der Waals surface area contributed by atoms with Gasteiger partial charge in [0, 0.05) is 32.2 Å². The third-order valence-corrected chi connectivity index (χ3v) is 9.21. The van der Waals surface area contributed by atoms with Crippen molar-refractivity contribution in [2.45, 2.75) is 109 Å². The number of phenolic OH excluding ortho intramolecular Hbond substituents is 1. The van der Waals surface area contributed by atoms with Gasteiger partial charge in [-0.25, -0.2) is 0 Å². The van der Waals surface area contributed by atoms with Gasteiger partial charge in [0.05, 0.1) is 24.5 Å². The number of hydrogen-bond acceptors (Lipinski definition) is 7. The van der Waals surface area contributed by atoms with Gasteiger partial charge in [0.15, 0.2) is 17.2 Å². The molecule has 6 N–H and O–H groups in total. The lowest BCUT2D eigenvalue weighted by Gasteiger charge is -2.31. The number of aliphatic imine (C=N–C) groups is 1. The summed E-state index contributed by atoms with van der Waals surface area (Å²) in [5.41, 5.74) is 3.06. The number of nitrogens with zero attached hydrogens (tertiary/aromatic N) is 1. The van der Waals surface area contributed by atoms with Crippen LogP contribution >= 0.6 is 0 Å². The molecule has 1 unspecified atom stereocenters. The van der Waals surface area contributed by atoms with Gasteiger partial charge >= 0.3 is 0 Å². The molecule has 1 aromatic carbocycles. The van der Waals surface area contributed by atoms with Gasteiger partial charge in [-0.05, 0) is 75.5 Å². The molecule has 0 bridgehead atoms. The van der Waals surface area contributed by atoms with E-state index in [0.29, 0.717) is 37.2 Å². The predicted octanol–water partition coefficient (Wildman–Crippen LogP) is 5.11. The van der Waals surface area contributed by atoms with E-state index < -0.39 is 6.10 Å². The summed E-state index contributed by atoms with van der Waals surface area (Å²) >= 11 is 0. The van der Waals surface area contributed by atoms with Crippen LogP contribution in [0.4, 0.5) is 0 Å². The molecular weight excluding hydrogens is 556 g/mol. The number of aryl methyl sites for hydroxylation is 1. The van der Waals surface area contributed by atoms with E-state index in [1.807, 2.05) is 18.3 Å². The molecular formula is C36H55N2O6+. The van der Waals surface area contributed by atoms with E-state index in [2.05, 4.69) is 24.4 Å². The van der Waals surface area contributed by atoms with Gasteiger partial charge in [-0.2, -0.15) is 0 Å². The van der Waals surface area contributed by atoms with Crippen LogP contribution in [0.1, 0.15) is 90.0 Å². The fourth-order valence-corrected chi connectivity index (χ4v) is 6.87. The average Bonchev–Trinajstić information content (AvgIpc) is 3.79. The van der Waals surface area contributed by atoms with Gasteiger partial charge in [-0.15, -0.1) is 16.6 Å². The number of rotatable bonds is 20. The van der Waals surface area contributed by atoms with E-state index in [1.54, 1.807) is 13.0 Å². The molecule has 1 fully saturated rings.